The standard InChI is InChI=1S/C28H31Cl2NO3/c1-28(2,3)22-10-6-20(7-11-22)18-31(27(32)21-9-12-23(29)24(30)17-21)15-14-19-8-13-25(33-4)26(16-19)34-5/h6-13,16-17H,14-15,18H2,1-5H3. The molecule has 3 aromatic carbocycles. The molecule has 6 heteroatoms. The number of rotatable bonds is 8. The van der Waals surface area contributed by atoms with Crippen molar-refractivity contribution in [1.82, 2.24) is 4.90 Å². The van der Waals surface area contributed by atoms with Crippen molar-refractivity contribution in [3.8, 4) is 11.5 Å². The molecule has 0 bridgehead atoms. The number of amides is 1. The number of hydrogen-bond acceptors (Lipinski definition) is 3. The van der Waals surface area contributed by atoms with E-state index in [1.807, 2.05) is 23.1 Å². The van der Waals surface area contributed by atoms with Gasteiger partial charge in [0.2, 0.25) is 0 Å². The summed E-state index contributed by atoms with van der Waals surface area (Å²) in [6.45, 7) is 7.56. The minimum absolute atomic E-state index is 0.0709. The van der Waals surface area contributed by atoms with Crippen molar-refractivity contribution in [1.29, 1.82) is 0 Å². The van der Waals surface area contributed by atoms with Gasteiger partial charge in [0.05, 0.1) is 24.3 Å². The summed E-state index contributed by atoms with van der Waals surface area (Å²) in [6.07, 6.45) is 0.660. The summed E-state index contributed by atoms with van der Waals surface area (Å²) in [5.41, 5.74) is 3.94. The van der Waals surface area contributed by atoms with Crippen molar-refractivity contribution in [2.45, 2.75) is 39.2 Å². The predicted octanol–water partition coefficient (Wildman–Crippen LogP) is 7.19. The van der Waals surface area contributed by atoms with Gasteiger partial charge in [0, 0.05) is 18.7 Å². The molecule has 0 aliphatic heterocycles. The largest absolute Gasteiger partial charge is 0.493 e. The van der Waals surface area contributed by atoms with Crippen LogP contribution in [-0.2, 0) is 18.4 Å². The predicted molar refractivity (Wildman–Crippen MR) is 140 cm³/mol. The first-order chi connectivity index (χ1) is 16.1. The van der Waals surface area contributed by atoms with Gasteiger partial charge in [0.1, 0.15) is 0 Å². The number of carbonyl (C=O) groups is 1. The third-order valence-electron chi connectivity index (χ3n) is 5.77. The van der Waals surface area contributed by atoms with Crippen LogP contribution in [0.3, 0.4) is 0 Å². The van der Waals surface area contributed by atoms with Crippen molar-refractivity contribution >= 4 is 29.1 Å². The highest BCUT2D eigenvalue weighted by molar-refractivity contribution is 6.42. The van der Waals surface area contributed by atoms with Gasteiger partial charge in [-0.1, -0.05) is 74.3 Å². The van der Waals surface area contributed by atoms with Crippen molar-refractivity contribution in [2.75, 3.05) is 20.8 Å². The Morgan fingerprint density at radius 2 is 1.47 bits per heavy atom. The van der Waals surface area contributed by atoms with E-state index >= 15 is 0 Å². The van der Waals surface area contributed by atoms with Gasteiger partial charge in [-0.15, -0.1) is 0 Å². The Morgan fingerprint density at radius 3 is 2.06 bits per heavy atom. The Bertz CT molecular complexity index is 1140. The zero-order valence-electron chi connectivity index (χ0n) is 20.3. The first kappa shape index (κ1) is 25.9. The fraction of sp³-hybridized carbons (Fsp3) is 0.321. The minimum atomic E-state index is -0.0982. The van der Waals surface area contributed by atoms with Gasteiger partial charge in [-0.05, 0) is 58.9 Å². The molecule has 0 fully saturated rings. The normalized spacial score (nSPS) is 11.3. The Labute approximate surface area is 212 Å². The maximum Gasteiger partial charge on any atom is 0.254 e. The van der Waals surface area contributed by atoms with Gasteiger partial charge < -0.3 is 14.4 Å². The molecule has 0 atom stereocenters. The molecule has 1 amide bonds. The smallest absolute Gasteiger partial charge is 0.254 e. The average Bonchev–Trinajstić information content (AvgIpc) is 2.82. The van der Waals surface area contributed by atoms with E-state index in [9.17, 15) is 4.79 Å². The van der Waals surface area contributed by atoms with E-state index in [1.165, 1.54) is 5.56 Å². The maximum absolute atomic E-state index is 13.5. The van der Waals surface area contributed by atoms with E-state index in [1.54, 1.807) is 32.4 Å². The van der Waals surface area contributed by atoms with E-state index < -0.39 is 0 Å². The van der Waals surface area contributed by atoms with Crippen molar-refractivity contribution in [3.05, 3.63) is 93.0 Å². The fourth-order valence-corrected chi connectivity index (χ4v) is 3.99. The summed E-state index contributed by atoms with van der Waals surface area (Å²) in [7, 11) is 3.23. The fourth-order valence-electron chi connectivity index (χ4n) is 3.69. The molecule has 3 aromatic rings. The van der Waals surface area contributed by atoms with Gasteiger partial charge in [-0.3, -0.25) is 4.79 Å². The molecule has 3 rings (SSSR count). The van der Waals surface area contributed by atoms with Gasteiger partial charge in [-0.25, -0.2) is 0 Å². The second-order valence-corrected chi connectivity index (χ2v) is 10.1. The number of methoxy groups -OCH3 is 2. The lowest BCUT2D eigenvalue weighted by molar-refractivity contribution is 0.0745. The van der Waals surface area contributed by atoms with Gasteiger partial charge in [0.15, 0.2) is 11.5 Å². The number of hydrogen-bond donors (Lipinski definition) is 0. The molecule has 0 heterocycles. The van der Waals surface area contributed by atoms with Crippen LogP contribution in [0.2, 0.25) is 10.0 Å². The SMILES string of the molecule is COc1ccc(CCN(Cc2ccc(C(C)(C)C)cc2)C(=O)c2ccc(Cl)c(Cl)c2)cc1OC. The summed E-state index contributed by atoms with van der Waals surface area (Å²) < 4.78 is 10.8. The third-order valence-corrected chi connectivity index (χ3v) is 6.50. The van der Waals surface area contributed by atoms with Gasteiger partial charge in [0.25, 0.3) is 5.91 Å². The Hall–Kier alpha value is -2.69. The summed E-state index contributed by atoms with van der Waals surface area (Å²) in [4.78, 5) is 15.3. The first-order valence-electron chi connectivity index (χ1n) is 11.2. The van der Waals surface area contributed by atoms with Crippen molar-refractivity contribution in [3.63, 3.8) is 0 Å². The summed E-state index contributed by atoms with van der Waals surface area (Å²) in [5.74, 6) is 1.24. The van der Waals surface area contributed by atoms with Crippen LogP contribution in [0.5, 0.6) is 11.5 Å². The Balaban J connectivity index is 1.85. The van der Waals surface area contributed by atoms with Crippen LogP contribution in [0.1, 0.15) is 47.8 Å². The van der Waals surface area contributed by atoms with Crippen LogP contribution in [0.15, 0.2) is 60.7 Å². The van der Waals surface area contributed by atoms with E-state index in [0.717, 1.165) is 11.1 Å². The highest BCUT2D eigenvalue weighted by atomic mass is 35.5. The van der Waals surface area contributed by atoms with E-state index in [2.05, 4.69) is 45.0 Å². The monoisotopic (exact) mass is 499 g/mol. The van der Waals surface area contributed by atoms with Crippen LogP contribution in [0, 0.1) is 0 Å². The van der Waals surface area contributed by atoms with Crippen LogP contribution in [0.4, 0.5) is 0 Å². The molecule has 0 saturated carbocycles. The quantitative estimate of drug-likeness (QED) is 0.329. The lowest BCUT2D eigenvalue weighted by atomic mass is 9.87. The lowest BCUT2D eigenvalue weighted by Crippen LogP contribution is -2.32. The number of benzene rings is 3. The Morgan fingerprint density at radius 1 is 0.824 bits per heavy atom. The molecule has 0 saturated heterocycles. The number of nitrogens with zero attached hydrogens (tertiary/aromatic N) is 1. The van der Waals surface area contributed by atoms with Crippen LogP contribution in [0.25, 0.3) is 0 Å². The first-order valence-corrected chi connectivity index (χ1v) is 11.9. The molecule has 34 heavy (non-hydrogen) atoms. The van der Waals surface area contributed by atoms with E-state index in [4.69, 9.17) is 32.7 Å². The van der Waals surface area contributed by atoms with E-state index in [0.29, 0.717) is 46.6 Å². The number of ether oxygens (including phenoxy) is 2. The molecule has 0 radical (unpaired) electrons. The van der Waals surface area contributed by atoms with Gasteiger partial charge >= 0.3 is 0 Å². The highest BCUT2D eigenvalue weighted by Gasteiger charge is 2.19. The minimum Gasteiger partial charge on any atom is -0.493 e. The number of carbonyl (C=O) groups excluding carboxylic acids is 1. The second-order valence-electron chi connectivity index (χ2n) is 9.24. The summed E-state index contributed by atoms with van der Waals surface area (Å²) in [5, 5.41) is 0.787. The summed E-state index contributed by atoms with van der Waals surface area (Å²) >= 11 is 12.3. The van der Waals surface area contributed by atoms with Crippen LogP contribution >= 0.6 is 23.2 Å². The molecule has 0 aliphatic rings. The molecule has 0 aromatic heterocycles. The summed E-state index contributed by atoms with van der Waals surface area (Å²) in [6, 6.07) is 19.2. The molecular formula is C28H31Cl2NO3. The van der Waals surface area contributed by atoms with Crippen LogP contribution < -0.4 is 9.47 Å². The molecule has 180 valence electrons. The molecule has 0 N–H and O–H groups in total. The molecule has 0 aliphatic carbocycles. The molecular weight excluding hydrogens is 469 g/mol. The second kappa shape index (κ2) is 11.2. The van der Waals surface area contributed by atoms with E-state index in [-0.39, 0.29) is 11.3 Å². The Kier molecular flexibility index (Phi) is 8.51. The maximum atomic E-state index is 13.5. The third kappa shape index (κ3) is 6.46. The van der Waals surface area contributed by atoms with Gasteiger partial charge in [-0.2, -0.15) is 0 Å². The number of halogens is 2. The highest BCUT2D eigenvalue weighted by Crippen LogP contribution is 2.28. The van der Waals surface area contributed by atoms with Crippen LogP contribution in [-0.4, -0.2) is 31.6 Å². The zero-order valence-corrected chi connectivity index (χ0v) is 21.8. The van der Waals surface area contributed by atoms with Crippen molar-refractivity contribution < 1.29 is 14.3 Å². The average molecular weight is 500 g/mol. The molecule has 0 unspecified atom stereocenters. The zero-order chi connectivity index (χ0) is 24.9. The lowest BCUT2D eigenvalue weighted by Gasteiger charge is -2.24. The molecule has 4 nitrogen and oxygen atoms in total. The topological polar surface area (TPSA) is 38.8 Å². The van der Waals surface area contributed by atoms with Crippen molar-refractivity contribution in [2.24, 2.45) is 0 Å². The molecule has 0 spiro atoms.